The quantitative estimate of drug-likeness (QED) is 0.558. The van der Waals surface area contributed by atoms with Crippen LogP contribution in [0.2, 0.25) is 0 Å². The van der Waals surface area contributed by atoms with Crippen LogP contribution in [0.3, 0.4) is 0 Å². The van der Waals surface area contributed by atoms with Gasteiger partial charge in [-0.15, -0.1) is 6.58 Å². The zero-order chi connectivity index (χ0) is 12.3. The highest BCUT2D eigenvalue weighted by Crippen LogP contribution is 2.15. The first-order valence-electron chi connectivity index (χ1n) is 5.60. The van der Waals surface area contributed by atoms with Gasteiger partial charge < -0.3 is 10.1 Å². The fourth-order valence-corrected chi connectivity index (χ4v) is 2.09. The maximum atomic E-state index is 5.58. The van der Waals surface area contributed by atoms with Crippen LogP contribution in [0, 0.1) is 0 Å². The van der Waals surface area contributed by atoms with Gasteiger partial charge in [-0.05, 0) is 24.3 Å². The Morgan fingerprint density at radius 3 is 2.76 bits per heavy atom. The van der Waals surface area contributed by atoms with E-state index in [-0.39, 0.29) is 0 Å². The normalized spacial score (nSPS) is 10.2. The van der Waals surface area contributed by atoms with E-state index in [1.165, 1.54) is 0 Å². The smallest absolute Gasteiger partial charge is 0.119 e. The fraction of sp³-hybridized carbons (Fsp3) is 0.385. The van der Waals surface area contributed by atoms with E-state index < -0.39 is 0 Å². The third-order valence-corrected chi connectivity index (χ3v) is 3.51. The molecule has 0 saturated heterocycles. The first kappa shape index (κ1) is 14.6. The molecule has 0 aliphatic heterocycles. The Bertz CT molecular complexity index is 316. The molecule has 0 aromatic heterocycles. The van der Waals surface area contributed by atoms with E-state index in [4.69, 9.17) is 4.74 Å². The van der Waals surface area contributed by atoms with Gasteiger partial charge in [0.2, 0.25) is 0 Å². The molecule has 17 heavy (non-hydrogen) atoms. The number of ether oxygens (including phenoxy) is 1. The standard InChI is InChI=1S/C13H18BrNOS/c1-2-10-17-11-8-15-7-9-16-13-5-3-12(14)4-6-13/h2-6,15H,1,7-11H2. The highest BCUT2D eigenvalue weighted by molar-refractivity contribution is 9.10. The van der Waals surface area contributed by atoms with Crippen molar-refractivity contribution in [3.05, 3.63) is 41.4 Å². The summed E-state index contributed by atoms with van der Waals surface area (Å²) in [4.78, 5) is 0. The zero-order valence-corrected chi connectivity index (χ0v) is 12.2. The van der Waals surface area contributed by atoms with E-state index in [2.05, 4.69) is 27.8 Å². The molecule has 2 nitrogen and oxygen atoms in total. The molecule has 0 amide bonds. The number of halogens is 1. The Labute approximate surface area is 116 Å². The molecule has 0 aliphatic rings. The van der Waals surface area contributed by atoms with Crippen LogP contribution in [0.4, 0.5) is 0 Å². The molecule has 4 heteroatoms. The summed E-state index contributed by atoms with van der Waals surface area (Å²) in [5.74, 6) is 3.05. The van der Waals surface area contributed by atoms with Gasteiger partial charge in [0.05, 0.1) is 0 Å². The van der Waals surface area contributed by atoms with Crippen LogP contribution >= 0.6 is 27.7 Å². The third kappa shape index (κ3) is 7.47. The van der Waals surface area contributed by atoms with Crippen molar-refractivity contribution in [3.63, 3.8) is 0 Å². The minimum Gasteiger partial charge on any atom is -0.492 e. The molecular weight excluding hydrogens is 298 g/mol. The first-order valence-corrected chi connectivity index (χ1v) is 7.55. The number of thioether (sulfide) groups is 1. The van der Waals surface area contributed by atoms with Crippen LogP contribution in [0.15, 0.2) is 41.4 Å². The Morgan fingerprint density at radius 2 is 2.06 bits per heavy atom. The van der Waals surface area contributed by atoms with E-state index >= 15 is 0 Å². The van der Waals surface area contributed by atoms with Crippen molar-refractivity contribution in [2.75, 3.05) is 31.2 Å². The summed E-state index contributed by atoms with van der Waals surface area (Å²) in [6, 6.07) is 7.89. The molecule has 0 atom stereocenters. The molecule has 0 saturated carbocycles. The lowest BCUT2D eigenvalue weighted by molar-refractivity contribution is 0.315. The molecule has 0 unspecified atom stereocenters. The van der Waals surface area contributed by atoms with Crippen LogP contribution < -0.4 is 10.1 Å². The average molecular weight is 316 g/mol. The molecule has 1 aromatic rings. The Morgan fingerprint density at radius 1 is 1.29 bits per heavy atom. The molecule has 0 heterocycles. The van der Waals surface area contributed by atoms with Gasteiger partial charge in [-0.25, -0.2) is 0 Å². The summed E-state index contributed by atoms with van der Waals surface area (Å²) < 4.78 is 6.65. The summed E-state index contributed by atoms with van der Waals surface area (Å²) in [7, 11) is 0. The van der Waals surface area contributed by atoms with Gasteiger partial charge >= 0.3 is 0 Å². The lowest BCUT2D eigenvalue weighted by Crippen LogP contribution is -2.23. The third-order valence-electron chi connectivity index (χ3n) is 2.02. The molecule has 0 bridgehead atoms. The minimum absolute atomic E-state index is 0.702. The van der Waals surface area contributed by atoms with Crippen molar-refractivity contribution >= 4 is 27.7 Å². The summed E-state index contributed by atoms with van der Waals surface area (Å²) >= 11 is 5.27. The highest BCUT2D eigenvalue weighted by Gasteiger charge is 1.93. The van der Waals surface area contributed by atoms with Gasteiger partial charge in [0.1, 0.15) is 12.4 Å². The van der Waals surface area contributed by atoms with Gasteiger partial charge in [0.15, 0.2) is 0 Å². The highest BCUT2D eigenvalue weighted by atomic mass is 79.9. The van der Waals surface area contributed by atoms with Crippen LogP contribution in [0.5, 0.6) is 5.75 Å². The first-order chi connectivity index (χ1) is 8.33. The molecule has 1 rings (SSSR count). The molecule has 1 aromatic carbocycles. The Kier molecular flexibility index (Phi) is 8.22. The maximum Gasteiger partial charge on any atom is 0.119 e. The molecule has 94 valence electrons. The second-order valence-electron chi connectivity index (χ2n) is 3.42. The second kappa shape index (κ2) is 9.57. The summed E-state index contributed by atoms with van der Waals surface area (Å²) in [5, 5.41) is 3.34. The molecule has 0 radical (unpaired) electrons. The lowest BCUT2D eigenvalue weighted by Gasteiger charge is -2.07. The average Bonchev–Trinajstić information content (AvgIpc) is 2.35. The molecular formula is C13H18BrNOS. The summed E-state index contributed by atoms with van der Waals surface area (Å²) in [6.07, 6.45) is 1.93. The van der Waals surface area contributed by atoms with Crippen molar-refractivity contribution in [1.29, 1.82) is 0 Å². The van der Waals surface area contributed by atoms with E-state index in [1.807, 2.05) is 42.1 Å². The van der Waals surface area contributed by atoms with Crippen molar-refractivity contribution < 1.29 is 4.74 Å². The van der Waals surface area contributed by atoms with Crippen molar-refractivity contribution in [2.24, 2.45) is 0 Å². The predicted molar refractivity (Wildman–Crippen MR) is 80.0 cm³/mol. The summed E-state index contributed by atoms with van der Waals surface area (Å²) in [5.41, 5.74) is 0. The molecule has 0 aliphatic carbocycles. The zero-order valence-electron chi connectivity index (χ0n) is 9.82. The Balaban J connectivity index is 1.97. The Hall–Kier alpha value is -0.450. The predicted octanol–water partition coefficient (Wildman–Crippen LogP) is 3.34. The molecule has 1 N–H and O–H groups in total. The number of hydrogen-bond donors (Lipinski definition) is 1. The molecule has 0 fully saturated rings. The fourth-order valence-electron chi connectivity index (χ4n) is 1.21. The van der Waals surface area contributed by atoms with E-state index in [0.29, 0.717) is 6.61 Å². The van der Waals surface area contributed by atoms with Crippen LogP contribution in [0.25, 0.3) is 0 Å². The van der Waals surface area contributed by atoms with E-state index in [0.717, 1.165) is 34.8 Å². The maximum absolute atomic E-state index is 5.58. The van der Waals surface area contributed by atoms with Crippen molar-refractivity contribution in [1.82, 2.24) is 5.32 Å². The SMILES string of the molecule is C=CCSCCNCCOc1ccc(Br)cc1. The van der Waals surface area contributed by atoms with Gasteiger partial charge in [-0.2, -0.15) is 11.8 Å². The number of nitrogens with one attached hydrogen (secondary N) is 1. The number of hydrogen-bond acceptors (Lipinski definition) is 3. The topological polar surface area (TPSA) is 21.3 Å². The second-order valence-corrected chi connectivity index (χ2v) is 5.48. The number of rotatable bonds is 9. The van der Waals surface area contributed by atoms with Crippen molar-refractivity contribution in [3.8, 4) is 5.75 Å². The van der Waals surface area contributed by atoms with Crippen LogP contribution in [-0.4, -0.2) is 31.2 Å². The van der Waals surface area contributed by atoms with Crippen LogP contribution in [0.1, 0.15) is 0 Å². The largest absolute Gasteiger partial charge is 0.492 e. The van der Waals surface area contributed by atoms with Gasteiger partial charge in [-0.3, -0.25) is 0 Å². The van der Waals surface area contributed by atoms with Gasteiger partial charge in [0, 0.05) is 29.1 Å². The minimum atomic E-state index is 0.702. The lowest BCUT2D eigenvalue weighted by atomic mass is 10.3. The summed E-state index contributed by atoms with van der Waals surface area (Å²) in [6.45, 7) is 6.28. The van der Waals surface area contributed by atoms with Gasteiger partial charge in [-0.1, -0.05) is 22.0 Å². The van der Waals surface area contributed by atoms with Crippen molar-refractivity contribution in [2.45, 2.75) is 0 Å². The van der Waals surface area contributed by atoms with E-state index in [9.17, 15) is 0 Å². The monoisotopic (exact) mass is 315 g/mol. The van der Waals surface area contributed by atoms with Gasteiger partial charge in [0.25, 0.3) is 0 Å². The molecule has 0 spiro atoms. The van der Waals surface area contributed by atoms with Crippen LogP contribution in [-0.2, 0) is 0 Å². The number of benzene rings is 1. The van der Waals surface area contributed by atoms with E-state index in [1.54, 1.807) is 0 Å².